The molecule has 2 aromatic rings. The Balaban J connectivity index is 2.31. The molecule has 1 unspecified atom stereocenters. The summed E-state index contributed by atoms with van der Waals surface area (Å²) in [4.78, 5) is 0. The SMILES string of the molecule is COc1ccc(C)cc1CC(NN)c1ccccc1N. The monoisotopic (exact) mass is 271 g/mol. The van der Waals surface area contributed by atoms with E-state index < -0.39 is 0 Å². The van der Waals surface area contributed by atoms with Gasteiger partial charge in [0, 0.05) is 5.69 Å². The first kappa shape index (κ1) is 14.4. The molecule has 1 atom stereocenters. The van der Waals surface area contributed by atoms with Gasteiger partial charge in [-0.3, -0.25) is 11.3 Å². The number of hydrogen-bond acceptors (Lipinski definition) is 4. The molecule has 4 nitrogen and oxygen atoms in total. The average molecular weight is 271 g/mol. The number of nitrogens with two attached hydrogens (primary N) is 2. The second-order valence-electron chi connectivity index (χ2n) is 4.87. The molecule has 106 valence electrons. The third-order valence-electron chi connectivity index (χ3n) is 3.43. The number of benzene rings is 2. The summed E-state index contributed by atoms with van der Waals surface area (Å²) in [5.74, 6) is 6.57. The molecule has 0 bridgehead atoms. The van der Waals surface area contributed by atoms with Crippen LogP contribution >= 0.6 is 0 Å². The van der Waals surface area contributed by atoms with E-state index >= 15 is 0 Å². The first-order chi connectivity index (χ1) is 9.65. The Morgan fingerprint density at radius 1 is 1.20 bits per heavy atom. The van der Waals surface area contributed by atoms with Crippen molar-refractivity contribution in [3.8, 4) is 5.75 Å². The van der Waals surface area contributed by atoms with Gasteiger partial charge >= 0.3 is 0 Å². The molecule has 0 fully saturated rings. The number of nitrogens with one attached hydrogen (secondary N) is 1. The van der Waals surface area contributed by atoms with Crippen molar-refractivity contribution in [1.29, 1.82) is 0 Å². The van der Waals surface area contributed by atoms with Gasteiger partial charge in [0.25, 0.3) is 0 Å². The fourth-order valence-electron chi connectivity index (χ4n) is 2.37. The standard InChI is InChI=1S/C16H21N3O/c1-11-7-8-16(20-2)12(9-11)10-15(19-18)13-5-3-4-6-14(13)17/h3-9,15,19H,10,17-18H2,1-2H3. The van der Waals surface area contributed by atoms with Crippen molar-refractivity contribution < 1.29 is 4.74 Å². The van der Waals surface area contributed by atoms with Crippen LogP contribution in [0.1, 0.15) is 22.7 Å². The quantitative estimate of drug-likeness (QED) is 0.443. The molecular formula is C16H21N3O. The first-order valence-corrected chi connectivity index (χ1v) is 6.59. The van der Waals surface area contributed by atoms with Crippen LogP contribution in [-0.2, 0) is 6.42 Å². The van der Waals surface area contributed by atoms with Crippen molar-refractivity contribution in [1.82, 2.24) is 5.43 Å². The van der Waals surface area contributed by atoms with Crippen LogP contribution in [0.4, 0.5) is 5.69 Å². The minimum Gasteiger partial charge on any atom is -0.496 e. The highest BCUT2D eigenvalue weighted by molar-refractivity contribution is 5.49. The molecule has 0 heterocycles. The summed E-state index contributed by atoms with van der Waals surface area (Å²) >= 11 is 0. The predicted molar refractivity (Wildman–Crippen MR) is 82.4 cm³/mol. The van der Waals surface area contributed by atoms with E-state index in [2.05, 4.69) is 18.4 Å². The normalized spacial score (nSPS) is 12.2. The van der Waals surface area contributed by atoms with Gasteiger partial charge in [0.05, 0.1) is 13.2 Å². The smallest absolute Gasteiger partial charge is 0.122 e. The maximum Gasteiger partial charge on any atom is 0.122 e. The Labute approximate surface area is 119 Å². The zero-order valence-electron chi connectivity index (χ0n) is 11.9. The molecule has 0 aliphatic carbocycles. The maximum absolute atomic E-state index is 6.02. The summed E-state index contributed by atoms with van der Waals surface area (Å²) in [5, 5.41) is 0. The molecule has 0 radical (unpaired) electrons. The van der Waals surface area contributed by atoms with Gasteiger partial charge in [0.2, 0.25) is 0 Å². The van der Waals surface area contributed by atoms with E-state index in [0.717, 1.165) is 29.0 Å². The number of aryl methyl sites for hydroxylation is 1. The van der Waals surface area contributed by atoms with E-state index in [9.17, 15) is 0 Å². The summed E-state index contributed by atoms with van der Waals surface area (Å²) in [5.41, 5.74) is 12.9. The minimum absolute atomic E-state index is 0.0492. The Kier molecular flexibility index (Phi) is 4.61. The molecule has 0 saturated heterocycles. The van der Waals surface area contributed by atoms with E-state index in [1.807, 2.05) is 36.4 Å². The lowest BCUT2D eigenvalue weighted by atomic mass is 9.96. The number of anilines is 1. The lowest BCUT2D eigenvalue weighted by Crippen LogP contribution is -2.30. The Morgan fingerprint density at radius 3 is 2.60 bits per heavy atom. The topological polar surface area (TPSA) is 73.3 Å². The van der Waals surface area contributed by atoms with E-state index in [-0.39, 0.29) is 6.04 Å². The van der Waals surface area contributed by atoms with Crippen LogP contribution in [0.5, 0.6) is 5.75 Å². The summed E-state index contributed by atoms with van der Waals surface area (Å²) in [6.45, 7) is 2.06. The molecule has 2 aromatic carbocycles. The van der Waals surface area contributed by atoms with Gasteiger partial charge in [-0.15, -0.1) is 0 Å². The second kappa shape index (κ2) is 6.41. The Hall–Kier alpha value is -2.04. The van der Waals surface area contributed by atoms with E-state index in [4.69, 9.17) is 16.3 Å². The van der Waals surface area contributed by atoms with Gasteiger partial charge in [-0.25, -0.2) is 0 Å². The number of rotatable bonds is 5. The molecule has 20 heavy (non-hydrogen) atoms. The summed E-state index contributed by atoms with van der Waals surface area (Å²) in [6, 6.07) is 13.8. The molecule has 0 aliphatic rings. The maximum atomic E-state index is 6.02. The van der Waals surface area contributed by atoms with E-state index in [0.29, 0.717) is 0 Å². The van der Waals surface area contributed by atoms with E-state index in [1.165, 1.54) is 5.56 Å². The van der Waals surface area contributed by atoms with Crippen molar-refractivity contribution in [2.24, 2.45) is 5.84 Å². The zero-order chi connectivity index (χ0) is 14.5. The van der Waals surface area contributed by atoms with Crippen LogP contribution in [0, 0.1) is 6.92 Å². The highest BCUT2D eigenvalue weighted by Gasteiger charge is 2.15. The molecule has 5 N–H and O–H groups in total. The summed E-state index contributed by atoms with van der Waals surface area (Å²) in [7, 11) is 1.68. The van der Waals surface area contributed by atoms with Crippen LogP contribution in [0.25, 0.3) is 0 Å². The fourth-order valence-corrected chi connectivity index (χ4v) is 2.37. The number of para-hydroxylation sites is 1. The van der Waals surface area contributed by atoms with Crippen LogP contribution < -0.4 is 21.7 Å². The molecular weight excluding hydrogens is 250 g/mol. The number of ether oxygens (including phenoxy) is 1. The largest absolute Gasteiger partial charge is 0.496 e. The molecule has 2 rings (SSSR count). The lowest BCUT2D eigenvalue weighted by molar-refractivity contribution is 0.405. The van der Waals surface area contributed by atoms with Gasteiger partial charge in [0.15, 0.2) is 0 Å². The number of hydrogen-bond donors (Lipinski definition) is 3. The second-order valence-corrected chi connectivity index (χ2v) is 4.87. The fraction of sp³-hybridized carbons (Fsp3) is 0.250. The molecule has 0 spiro atoms. The van der Waals surface area contributed by atoms with Crippen molar-refractivity contribution in [2.45, 2.75) is 19.4 Å². The third kappa shape index (κ3) is 3.10. The van der Waals surface area contributed by atoms with Crippen LogP contribution in [0.3, 0.4) is 0 Å². The lowest BCUT2D eigenvalue weighted by Gasteiger charge is -2.20. The molecule has 0 aliphatic heterocycles. The predicted octanol–water partition coefficient (Wildman–Crippen LogP) is 2.33. The first-order valence-electron chi connectivity index (χ1n) is 6.59. The van der Waals surface area contributed by atoms with Gasteiger partial charge in [-0.2, -0.15) is 0 Å². The van der Waals surface area contributed by atoms with Crippen molar-refractivity contribution in [3.63, 3.8) is 0 Å². The molecule has 0 amide bonds. The highest BCUT2D eigenvalue weighted by atomic mass is 16.5. The van der Waals surface area contributed by atoms with Gasteiger partial charge in [-0.1, -0.05) is 35.9 Å². The zero-order valence-corrected chi connectivity index (χ0v) is 11.9. The molecule has 0 saturated carbocycles. The number of hydrazine groups is 1. The van der Waals surface area contributed by atoms with Crippen LogP contribution in [0.2, 0.25) is 0 Å². The summed E-state index contributed by atoms with van der Waals surface area (Å²) in [6.07, 6.45) is 0.718. The molecule has 0 aromatic heterocycles. The third-order valence-corrected chi connectivity index (χ3v) is 3.43. The number of nitrogen functional groups attached to an aromatic ring is 1. The van der Waals surface area contributed by atoms with Crippen molar-refractivity contribution >= 4 is 5.69 Å². The van der Waals surface area contributed by atoms with Gasteiger partial charge in [-0.05, 0) is 36.6 Å². The van der Waals surface area contributed by atoms with Crippen molar-refractivity contribution in [2.75, 3.05) is 12.8 Å². The summed E-state index contributed by atoms with van der Waals surface area (Å²) < 4.78 is 5.41. The Bertz CT molecular complexity index is 584. The number of methoxy groups -OCH3 is 1. The van der Waals surface area contributed by atoms with Crippen molar-refractivity contribution in [3.05, 3.63) is 59.2 Å². The molecule has 4 heteroatoms. The Morgan fingerprint density at radius 2 is 1.95 bits per heavy atom. The van der Waals surface area contributed by atoms with Crippen LogP contribution in [0.15, 0.2) is 42.5 Å². The van der Waals surface area contributed by atoms with Crippen LogP contribution in [-0.4, -0.2) is 7.11 Å². The average Bonchev–Trinajstić information content (AvgIpc) is 2.46. The van der Waals surface area contributed by atoms with Gasteiger partial charge < -0.3 is 10.5 Å². The highest BCUT2D eigenvalue weighted by Crippen LogP contribution is 2.28. The van der Waals surface area contributed by atoms with E-state index in [1.54, 1.807) is 7.11 Å². The minimum atomic E-state index is -0.0492. The van der Waals surface area contributed by atoms with Gasteiger partial charge in [0.1, 0.15) is 5.75 Å².